The molecule has 0 atom stereocenters. The largest absolute Gasteiger partial charge is 0.493 e. The molecule has 33 heavy (non-hydrogen) atoms. The molecule has 0 spiro atoms. The van der Waals surface area contributed by atoms with Crippen LogP contribution in [0.25, 0.3) is 22.1 Å². The Morgan fingerprint density at radius 3 is 2.45 bits per heavy atom. The van der Waals surface area contributed by atoms with Gasteiger partial charge in [0.1, 0.15) is 5.82 Å². The van der Waals surface area contributed by atoms with Crippen LogP contribution < -0.4 is 21.1 Å². The molecule has 0 aliphatic rings. The molecular formula is C22H16F4N4O3. The van der Waals surface area contributed by atoms with Gasteiger partial charge in [0.2, 0.25) is 5.58 Å². The average molecular weight is 460 g/mol. The summed E-state index contributed by atoms with van der Waals surface area (Å²) in [6.45, 7) is 0. The van der Waals surface area contributed by atoms with Gasteiger partial charge in [0.15, 0.2) is 11.6 Å². The highest BCUT2D eigenvalue weighted by Crippen LogP contribution is 2.38. The number of hydrogen-bond donors (Lipinski definition) is 3. The van der Waals surface area contributed by atoms with Gasteiger partial charge in [0, 0.05) is 5.69 Å². The molecule has 1 aromatic heterocycles. The number of rotatable bonds is 4. The van der Waals surface area contributed by atoms with Crippen molar-refractivity contribution in [1.29, 1.82) is 0 Å². The van der Waals surface area contributed by atoms with Crippen LogP contribution in [0.3, 0.4) is 0 Å². The topological polar surface area (TPSA) is 102 Å². The van der Waals surface area contributed by atoms with Crippen LogP contribution in [-0.4, -0.2) is 18.3 Å². The number of aromatic nitrogens is 1. The van der Waals surface area contributed by atoms with E-state index >= 15 is 0 Å². The normalized spacial score (nSPS) is 11.4. The fourth-order valence-corrected chi connectivity index (χ4v) is 3.27. The van der Waals surface area contributed by atoms with Gasteiger partial charge in [0.05, 0.1) is 23.7 Å². The molecule has 0 radical (unpaired) electrons. The smallest absolute Gasteiger partial charge is 0.416 e. The fourth-order valence-electron chi connectivity index (χ4n) is 3.27. The summed E-state index contributed by atoms with van der Waals surface area (Å²) in [5.41, 5.74) is 6.41. The van der Waals surface area contributed by atoms with Crippen molar-refractivity contribution >= 4 is 34.2 Å². The molecule has 170 valence electrons. The Bertz CT molecular complexity index is 1330. The van der Waals surface area contributed by atoms with Gasteiger partial charge in [-0.25, -0.2) is 9.18 Å². The van der Waals surface area contributed by atoms with Crippen molar-refractivity contribution in [1.82, 2.24) is 5.16 Å². The van der Waals surface area contributed by atoms with E-state index in [-0.39, 0.29) is 5.82 Å². The van der Waals surface area contributed by atoms with Gasteiger partial charge < -0.3 is 25.6 Å². The third-order valence-corrected chi connectivity index (χ3v) is 4.83. The molecule has 0 fully saturated rings. The maximum absolute atomic E-state index is 13.8. The number of benzene rings is 3. The number of nitrogens with zero attached hydrogens (tertiary/aromatic N) is 1. The van der Waals surface area contributed by atoms with Crippen LogP contribution in [0.5, 0.6) is 5.75 Å². The fraction of sp³-hybridized carbons (Fsp3) is 0.0909. The third kappa shape index (κ3) is 4.38. The van der Waals surface area contributed by atoms with Crippen LogP contribution >= 0.6 is 0 Å². The number of methoxy groups -OCH3 is 1. The molecule has 0 unspecified atom stereocenters. The van der Waals surface area contributed by atoms with Crippen molar-refractivity contribution in [2.45, 2.75) is 6.18 Å². The number of fused-ring (bicyclic) bond motifs is 1. The lowest BCUT2D eigenvalue weighted by Crippen LogP contribution is -2.20. The molecule has 2 amide bonds. The minimum absolute atomic E-state index is 0.184. The van der Waals surface area contributed by atoms with E-state index in [1.54, 1.807) is 36.4 Å². The number of amides is 2. The maximum atomic E-state index is 13.8. The van der Waals surface area contributed by atoms with Crippen molar-refractivity contribution in [3.8, 4) is 16.9 Å². The van der Waals surface area contributed by atoms with Gasteiger partial charge in [0.25, 0.3) is 0 Å². The summed E-state index contributed by atoms with van der Waals surface area (Å²) in [5, 5.41) is 8.86. The first-order valence-electron chi connectivity index (χ1n) is 9.44. The minimum atomic E-state index is -4.67. The summed E-state index contributed by atoms with van der Waals surface area (Å²) < 4.78 is 62.8. The number of nitrogens with one attached hydrogen (secondary N) is 2. The first kappa shape index (κ1) is 21.9. The molecule has 11 heteroatoms. The summed E-state index contributed by atoms with van der Waals surface area (Å²) in [5.74, 6) is -0.346. The zero-order valence-electron chi connectivity index (χ0n) is 17.0. The predicted molar refractivity (Wildman–Crippen MR) is 114 cm³/mol. The molecule has 4 N–H and O–H groups in total. The number of anilines is 3. The van der Waals surface area contributed by atoms with E-state index in [4.69, 9.17) is 15.0 Å². The molecule has 4 rings (SSSR count). The Kier molecular flexibility index (Phi) is 5.54. The number of ether oxygens (including phenoxy) is 1. The molecule has 1 heterocycles. The maximum Gasteiger partial charge on any atom is 0.416 e. The van der Waals surface area contributed by atoms with E-state index in [1.165, 1.54) is 7.11 Å². The zero-order chi connectivity index (χ0) is 23.8. The lowest BCUT2D eigenvalue weighted by atomic mass is 10.0. The number of nitrogen functional groups attached to an aromatic ring is 1. The molecular weight excluding hydrogens is 444 g/mol. The van der Waals surface area contributed by atoms with Crippen molar-refractivity contribution in [3.05, 3.63) is 66.0 Å². The first-order valence-corrected chi connectivity index (χ1v) is 9.44. The molecule has 0 saturated heterocycles. The average Bonchev–Trinajstić information content (AvgIpc) is 3.16. The summed E-state index contributed by atoms with van der Waals surface area (Å²) >= 11 is 0. The number of nitrogens with two attached hydrogens (primary N) is 1. The van der Waals surface area contributed by atoms with Gasteiger partial charge in [-0.3, -0.25) is 0 Å². The summed E-state index contributed by atoms with van der Waals surface area (Å²) in [6, 6.07) is 10.8. The van der Waals surface area contributed by atoms with Crippen molar-refractivity contribution in [2.24, 2.45) is 0 Å². The lowest BCUT2D eigenvalue weighted by Gasteiger charge is -2.12. The van der Waals surface area contributed by atoms with Gasteiger partial charge in [-0.15, -0.1) is 0 Å². The van der Waals surface area contributed by atoms with Crippen LogP contribution in [0.4, 0.5) is 39.5 Å². The van der Waals surface area contributed by atoms with E-state index in [0.717, 1.165) is 5.56 Å². The number of alkyl halides is 3. The first-order chi connectivity index (χ1) is 15.7. The predicted octanol–water partition coefficient (Wildman–Crippen LogP) is 5.89. The van der Waals surface area contributed by atoms with E-state index < -0.39 is 29.3 Å². The molecule has 0 bridgehead atoms. The van der Waals surface area contributed by atoms with Crippen LogP contribution in [0.2, 0.25) is 0 Å². The summed E-state index contributed by atoms with van der Waals surface area (Å²) in [4.78, 5) is 12.2. The highest BCUT2D eigenvalue weighted by molar-refractivity contribution is 6.04. The van der Waals surface area contributed by atoms with Crippen LogP contribution in [0, 0.1) is 5.82 Å². The molecule has 0 saturated carbocycles. The number of urea groups is 1. The SMILES string of the molecule is COc1ccc(-c2ccc(NC(=O)Nc3cc(C(F)(F)F)ccc3F)cc2)c2c(N)noc12. The van der Waals surface area contributed by atoms with Crippen molar-refractivity contribution < 1.29 is 31.6 Å². The number of halogens is 4. The van der Waals surface area contributed by atoms with Crippen LogP contribution in [-0.2, 0) is 6.18 Å². The second-order valence-electron chi connectivity index (χ2n) is 6.94. The Balaban J connectivity index is 1.53. The molecule has 4 aromatic rings. The number of carbonyl (C=O) groups is 1. The summed E-state index contributed by atoms with van der Waals surface area (Å²) in [6.07, 6.45) is -4.67. The van der Waals surface area contributed by atoms with E-state index in [1.807, 2.05) is 0 Å². The van der Waals surface area contributed by atoms with Gasteiger partial charge in [-0.1, -0.05) is 17.3 Å². The van der Waals surface area contributed by atoms with Gasteiger partial charge in [-0.05, 0) is 53.6 Å². The van der Waals surface area contributed by atoms with E-state index in [0.29, 0.717) is 46.2 Å². The Labute approximate surface area is 184 Å². The molecule has 0 aliphatic heterocycles. The van der Waals surface area contributed by atoms with Crippen LogP contribution in [0.1, 0.15) is 5.56 Å². The lowest BCUT2D eigenvalue weighted by molar-refractivity contribution is -0.137. The Hall–Kier alpha value is -4.28. The van der Waals surface area contributed by atoms with Crippen LogP contribution in [0.15, 0.2) is 59.1 Å². The van der Waals surface area contributed by atoms with E-state index in [2.05, 4.69) is 15.8 Å². The quantitative estimate of drug-likeness (QED) is 0.330. The molecule has 3 aromatic carbocycles. The number of hydrogen-bond acceptors (Lipinski definition) is 5. The highest BCUT2D eigenvalue weighted by Gasteiger charge is 2.31. The Morgan fingerprint density at radius 2 is 1.79 bits per heavy atom. The zero-order valence-corrected chi connectivity index (χ0v) is 17.0. The molecule has 0 aliphatic carbocycles. The van der Waals surface area contributed by atoms with E-state index in [9.17, 15) is 22.4 Å². The van der Waals surface area contributed by atoms with Crippen molar-refractivity contribution in [2.75, 3.05) is 23.5 Å². The second-order valence-corrected chi connectivity index (χ2v) is 6.94. The summed E-state index contributed by atoms with van der Waals surface area (Å²) in [7, 11) is 1.49. The third-order valence-electron chi connectivity index (χ3n) is 4.83. The molecule has 7 nitrogen and oxygen atoms in total. The van der Waals surface area contributed by atoms with Gasteiger partial charge >= 0.3 is 12.2 Å². The Morgan fingerprint density at radius 1 is 1.06 bits per heavy atom. The standard InChI is InChI=1S/C22H16F4N4O3/c1-32-17-9-7-14(18-19(17)33-30-20(18)27)11-2-5-13(6-3-11)28-21(31)29-16-10-12(22(24,25)26)4-8-15(16)23/h2-10H,1H3,(H2,27,30)(H2,28,29,31). The minimum Gasteiger partial charge on any atom is -0.493 e. The second kappa shape index (κ2) is 8.34. The monoisotopic (exact) mass is 460 g/mol. The van der Waals surface area contributed by atoms with Gasteiger partial charge in [-0.2, -0.15) is 13.2 Å². The number of carbonyl (C=O) groups excluding carboxylic acids is 1. The van der Waals surface area contributed by atoms with Crippen molar-refractivity contribution in [3.63, 3.8) is 0 Å². The highest BCUT2D eigenvalue weighted by atomic mass is 19.4.